The third-order valence-electron chi connectivity index (χ3n) is 4.08. The highest BCUT2D eigenvalue weighted by molar-refractivity contribution is 5.58. The van der Waals surface area contributed by atoms with E-state index >= 15 is 0 Å². The fourth-order valence-electron chi connectivity index (χ4n) is 2.79. The lowest BCUT2D eigenvalue weighted by Gasteiger charge is -2.36. The predicted molar refractivity (Wildman–Crippen MR) is 83.7 cm³/mol. The van der Waals surface area contributed by atoms with Crippen LogP contribution in [0.1, 0.15) is 5.82 Å². The lowest BCUT2D eigenvalue weighted by molar-refractivity contribution is 0.241. The Morgan fingerprint density at radius 2 is 1.90 bits per heavy atom. The first-order valence-electron chi connectivity index (χ1n) is 7.34. The Morgan fingerprint density at radius 3 is 2.57 bits per heavy atom. The molecule has 0 atom stereocenters. The number of ether oxygens (including phenoxy) is 1. The molecule has 1 aromatic carbocycles. The minimum atomic E-state index is 0.920. The summed E-state index contributed by atoms with van der Waals surface area (Å²) in [4.78, 5) is 9.25. The molecule has 1 aromatic heterocycles. The van der Waals surface area contributed by atoms with Gasteiger partial charge in [0.2, 0.25) is 0 Å². The van der Waals surface area contributed by atoms with Crippen LogP contribution in [0.4, 0.5) is 5.69 Å². The van der Waals surface area contributed by atoms with E-state index in [9.17, 15) is 0 Å². The fourth-order valence-corrected chi connectivity index (χ4v) is 2.79. The van der Waals surface area contributed by atoms with Gasteiger partial charge in [-0.15, -0.1) is 0 Å². The van der Waals surface area contributed by atoms with E-state index in [0.29, 0.717) is 0 Å². The molecule has 3 rings (SSSR count). The molecule has 0 radical (unpaired) electrons. The van der Waals surface area contributed by atoms with Crippen molar-refractivity contribution in [3.05, 3.63) is 42.5 Å². The van der Waals surface area contributed by atoms with E-state index in [4.69, 9.17) is 4.74 Å². The highest BCUT2D eigenvalue weighted by atomic mass is 16.5. The standard InChI is InChI=1S/C16H22N4O/c1-18-8-7-17-16(18)13-19-9-11-20(12-10-19)14-5-3-4-6-15(14)21-2/h3-8H,9-13H2,1-2H3. The molecular weight excluding hydrogens is 264 g/mol. The van der Waals surface area contributed by atoms with Crippen molar-refractivity contribution in [2.45, 2.75) is 6.54 Å². The second-order valence-electron chi connectivity index (χ2n) is 5.39. The summed E-state index contributed by atoms with van der Waals surface area (Å²) in [7, 11) is 3.78. The van der Waals surface area contributed by atoms with Crippen LogP contribution < -0.4 is 9.64 Å². The molecule has 1 aliphatic rings. The number of hydrogen-bond donors (Lipinski definition) is 0. The molecule has 112 valence electrons. The first-order chi connectivity index (χ1) is 10.3. The average molecular weight is 286 g/mol. The van der Waals surface area contributed by atoms with Crippen molar-refractivity contribution in [2.24, 2.45) is 7.05 Å². The van der Waals surface area contributed by atoms with Gasteiger partial charge in [0.25, 0.3) is 0 Å². The molecule has 5 nitrogen and oxygen atoms in total. The third kappa shape index (κ3) is 3.03. The first-order valence-corrected chi connectivity index (χ1v) is 7.34. The zero-order chi connectivity index (χ0) is 14.7. The van der Waals surface area contributed by atoms with E-state index in [1.807, 2.05) is 31.6 Å². The molecule has 21 heavy (non-hydrogen) atoms. The molecule has 0 unspecified atom stereocenters. The van der Waals surface area contributed by atoms with E-state index in [1.54, 1.807) is 7.11 Å². The van der Waals surface area contributed by atoms with Crippen LogP contribution in [0.2, 0.25) is 0 Å². The van der Waals surface area contributed by atoms with Crippen molar-refractivity contribution in [1.82, 2.24) is 14.5 Å². The normalized spacial score (nSPS) is 16.2. The van der Waals surface area contributed by atoms with Crippen LogP contribution in [0.15, 0.2) is 36.7 Å². The third-order valence-corrected chi connectivity index (χ3v) is 4.08. The molecule has 0 bridgehead atoms. The number of rotatable bonds is 4. The van der Waals surface area contributed by atoms with E-state index in [1.165, 1.54) is 5.69 Å². The number of anilines is 1. The van der Waals surface area contributed by atoms with Gasteiger partial charge in [-0.3, -0.25) is 4.90 Å². The number of aromatic nitrogens is 2. The molecule has 2 aromatic rings. The molecule has 5 heteroatoms. The van der Waals surface area contributed by atoms with Gasteiger partial charge in [-0.1, -0.05) is 12.1 Å². The highest BCUT2D eigenvalue weighted by Gasteiger charge is 2.20. The number of imidazole rings is 1. The lowest BCUT2D eigenvalue weighted by atomic mass is 10.2. The highest BCUT2D eigenvalue weighted by Crippen LogP contribution is 2.28. The molecule has 2 heterocycles. The Labute approximate surface area is 125 Å². The molecule has 0 saturated carbocycles. The average Bonchev–Trinajstić information content (AvgIpc) is 2.93. The smallest absolute Gasteiger partial charge is 0.142 e. The Balaban J connectivity index is 1.61. The minimum absolute atomic E-state index is 0.920. The van der Waals surface area contributed by atoms with Gasteiger partial charge >= 0.3 is 0 Å². The Morgan fingerprint density at radius 1 is 1.14 bits per heavy atom. The summed E-state index contributed by atoms with van der Waals surface area (Å²) >= 11 is 0. The molecule has 0 N–H and O–H groups in total. The van der Waals surface area contributed by atoms with Gasteiger partial charge in [-0.25, -0.2) is 4.98 Å². The van der Waals surface area contributed by atoms with Crippen molar-refractivity contribution < 1.29 is 4.74 Å². The molecule has 1 aliphatic heterocycles. The predicted octanol–water partition coefficient (Wildman–Crippen LogP) is 1.75. The van der Waals surface area contributed by atoms with E-state index in [2.05, 4.69) is 31.5 Å². The summed E-state index contributed by atoms with van der Waals surface area (Å²) in [5, 5.41) is 0. The molecule has 1 fully saturated rings. The number of benzene rings is 1. The number of piperazine rings is 1. The molecule has 0 aliphatic carbocycles. The largest absolute Gasteiger partial charge is 0.495 e. The summed E-state index contributed by atoms with van der Waals surface area (Å²) in [6.07, 6.45) is 3.86. The number of methoxy groups -OCH3 is 1. The second kappa shape index (κ2) is 6.18. The lowest BCUT2D eigenvalue weighted by Crippen LogP contribution is -2.46. The number of aryl methyl sites for hydroxylation is 1. The maximum atomic E-state index is 5.46. The molecule has 0 amide bonds. The Hall–Kier alpha value is -2.01. The second-order valence-corrected chi connectivity index (χ2v) is 5.39. The van der Waals surface area contributed by atoms with Crippen LogP contribution in [0.25, 0.3) is 0 Å². The Bertz CT molecular complexity index is 587. The maximum absolute atomic E-state index is 5.46. The fraction of sp³-hybridized carbons (Fsp3) is 0.438. The quantitative estimate of drug-likeness (QED) is 0.857. The van der Waals surface area contributed by atoms with Gasteiger partial charge in [-0.05, 0) is 12.1 Å². The Kier molecular flexibility index (Phi) is 4.10. The van der Waals surface area contributed by atoms with Crippen molar-refractivity contribution in [2.75, 3.05) is 38.2 Å². The number of para-hydroxylation sites is 2. The minimum Gasteiger partial charge on any atom is -0.495 e. The first kappa shape index (κ1) is 13.9. The van der Waals surface area contributed by atoms with Crippen molar-refractivity contribution >= 4 is 5.69 Å². The number of hydrogen-bond acceptors (Lipinski definition) is 4. The summed E-state index contributed by atoms with van der Waals surface area (Å²) < 4.78 is 7.55. The van der Waals surface area contributed by atoms with Crippen molar-refractivity contribution in [3.63, 3.8) is 0 Å². The van der Waals surface area contributed by atoms with E-state index < -0.39 is 0 Å². The van der Waals surface area contributed by atoms with E-state index in [-0.39, 0.29) is 0 Å². The van der Waals surface area contributed by atoms with Crippen LogP contribution in [0.5, 0.6) is 5.75 Å². The van der Waals surface area contributed by atoms with Crippen LogP contribution >= 0.6 is 0 Å². The maximum Gasteiger partial charge on any atom is 0.142 e. The van der Waals surface area contributed by atoms with Gasteiger partial charge in [0.15, 0.2) is 0 Å². The van der Waals surface area contributed by atoms with Gasteiger partial charge in [0, 0.05) is 45.6 Å². The van der Waals surface area contributed by atoms with E-state index in [0.717, 1.165) is 44.3 Å². The molecule has 1 saturated heterocycles. The molecular formula is C16H22N4O. The van der Waals surface area contributed by atoms with Crippen LogP contribution in [-0.2, 0) is 13.6 Å². The van der Waals surface area contributed by atoms with Gasteiger partial charge in [0.05, 0.1) is 19.3 Å². The van der Waals surface area contributed by atoms with Crippen LogP contribution in [-0.4, -0.2) is 47.7 Å². The molecule has 0 spiro atoms. The van der Waals surface area contributed by atoms with Gasteiger partial charge in [0.1, 0.15) is 11.6 Å². The number of nitrogens with zero attached hydrogens (tertiary/aromatic N) is 4. The zero-order valence-electron chi connectivity index (χ0n) is 12.7. The summed E-state index contributed by atoms with van der Waals surface area (Å²) in [6.45, 7) is 5.05. The summed E-state index contributed by atoms with van der Waals surface area (Å²) in [5.74, 6) is 2.08. The zero-order valence-corrected chi connectivity index (χ0v) is 12.7. The van der Waals surface area contributed by atoms with Crippen molar-refractivity contribution in [3.8, 4) is 5.75 Å². The monoisotopic (exact) mass is 286 g/mol. The summed E-state index contributed by atoms with van der Waals surface area (Å²) in [5.41, 5.74) is 1.19. The SMILES string of the molecule is COc1ccccc1N1CCN(Cc2nccn2C)CC1. The van der Waals surface area contributed by atoms with Gasteiger partial charge in [-0.2, -0.15) is 0 Å². The van der Waals surface area contributed by atoms with Gasteiger partial charge < -0.3 is 14.2 Å². The summed E-state index contributed by atoms with van der Waals surface area (Å²) in [6, 6.07) is 8.24. The van der Waals surface area contributed by atoms with Crippen LogP contribution in [0, 0.1) is 0 Å². The van der Waals surface area contributed by atoms with Crippen molar-refractivity contribution in [1.29, 1.82) is 0 Å². The topological polar surface area (TPSA) is 33.5 Å². The van der Waals surface area contributed by atoms with Crippen LogP contribution in [0.3, 0.4) is 0 Å².